The highest BCUT2D eigenvalue weighted by Gasteiger charge is 1.97. The van der Waals surface area contributed by atoms with Crippen molar-refractivity contribution in [2.24, 2.45) is 0 Å². The largest absolute Gasteiger partial charge is 0.236 e. The van der Waals surface area contributed by atoms with Crippen LogP contribution in [0, 0.1) is 6.92 Å². The van der Waals surface area contributed by atoms with Crippen molar-refractivity contribution in [1.29, 1.82) is 0 Å². The minimum atomic E-state index is 0.845. The number of nitrogens with zero attached hydrogens (tertiary/aromatic N) is 2. The minimum absolute atomic E-state index is 0.845. The zero-order valence-corrected chi connectivity index (χ0v) is 7.91. The molecule has 0 fully saturated rings. The van der Waals surface area contributed by atoms with Gasteiger partial charge in [-0.1, -0.05) is 6.92 Å². The van der Waals surface area contributed by atoms with Gasteiger partial charge in [-0.2, -0.15) is 0 Å². The minimum Gasteiger partial charge on any atom is -0.236 e. The van der Waals surface area contributed by atoms with Crippen LogP contribution in [0.3, 0.4) is 0 Å². The molecule has 0 bridgehead atoms. The van der Waals surface area contributed by atoms with Crippen molar-refractivity contribution in [3.05, 3.63) is 35.7 Å². The summed E-state index contributed by atoms with van der Waals surface area (Å²) >= 11 is 0. The third kappa shape index (κ3) is 1.52. The second-order valence-electron chi connectivity index (χ2n) is 3.20. The van der Waals surface area contributed by atoms with Gasteiger partial charge in [0.2, 0.25) is 0 Å². The van der Waals surface area contributed by atoms with Gasteiger partial charge < -0.3 is 0 Å². The van der Waals surface area contributed by atoms with Crippen LogP contribution in [-0.4, -0.2) is 9.97 Å². The summed E-state index contributed by atoms with van der Waals surface area (Å²) in [7, 11) is 0. The van der Waals surface area contributed by atoms with Gasteiger partial charge in [-0.3, -0.25) is 0 Å². The lowest BCUT2D eigenvalue weighted by molar-refractivity contribution is 1.10. The molecule has 2 heteroatoms. The zero-order chi connectivity index (χ0) is 9.26. The lowest BCUT2D eigenvalue weighted by Gasteiger charge is -2.00. The van der Waals surface area contributed by atoms with E-state index in [9.17, 15) is 0 Å². The molecule has 0 spiro atoms. The SMILES string of the molecule is CCc1cnc2nc(C)ccc2c1. The molecule has 0 radical (unpaired) electrons. The Kier molecular flexibility index (Phi) is 1.97. The van der Waals surface area contributed by atoms with Crippen molar-refractivity contribution >= 4 is 11.0 Å². The van der Waals surface area contributed by atoms with Gasteiger partial charge in [0, 0.05) is 17.3 Å². The summed E-state index contributed by atoms with van der Waals surface area (Å²) in [5.74, 6) is 0. The van der Waals surface area contributed by atoms with E-state index in [1.54, 1.807) is 0 Å². The molecule has 13 heavy (non-hydrogen) atoms. The summed E-state index contributed by atoms with van der Waals surface area (Å²) in [6, 6.07) is 6.24. The third-order valence-corrected chi connectivity index (χ3v) is 2.15. The molecule has 2 heterocycles. The van der Waals surface area contributed by atoms with E-state index >= 15 is 0 Å². The Morgan fingerprint density at radius 3 is 2.92 bits per heavy atom. The highest BCUT2D eigenvalue weighted by Crippen LogP contribution is 2.11. The molecule has 66 valence electrons. The Balaban J connectivity index is 2.66. The molecule has 0 saturated heterocycles. The smallest absolute Gasteiger partial charge is 0.159 e. The molecule has 0 aliphatic carbocycles. The van der Waals surface area contributed by atoms with Gasteiger partial charge in [-0.25, -0.2) is 9.97 Å². The van der Waals surface area contributed by atoms with E-state index in [0.29, 0.717) is 0 Å². The van der Waals surface area contributed by atoms with Gasteiger partial charge in [-0.05, 0) is 37.1 Å². The Morgan fingerprint density at radius 2 is 2.15 bits per heavy atom. The standard InChI is InChI=1S/C11H12N2/c1-3-9-6-10-5-4-8(2)13-11(10)12-7-9/h4-7H,3H2,1-2H3. The van der Waals surface area contributed by atoms with Crippen molar-refractivity contribution in [3.63, 3.8) is 0 Å². The topological polar surface area (TPSA) is 25.8 Å². The van der Waals surface area contributed by atoms with Gasteiger partial charge in [0.25, 0.3) is 0 Å². The summed E-state index contributed by atoms with van der Waals surface area (Å²) < 4.78 is 0. The van der Waals surface area contributed by atoms with Crippen LogP contribution in [0.5, 0.6) is 0 Å². The second kappa shape index (κ2) is 3.13. The van der Waals surface area contributed by atoms with Crippen molar-refractivity contribution < 1.29 is 0 Å². The second-order valence-corrected chi connectivity index (χ2v) is 3.20. The van der Waals surface area contributed by atoms with Crippen LogP contribution in [0.15, 0.2) is 24.4 Å². The van der Waals surface area contributed by atoms with E-state index < -0.39 is 0 Å². The zero-order valence-electron chi connectivity index (χ0n) is 7.91. The van der Waals surface area contributed by atoms with E-state index in [4.69, 9.17) is 0 Å². The molecule has 2 aromatic rings. The Bertz CT molecular complexity index is 435. The average Bonchev–Trinajstić information content (AvgIpc) is 2.17. The van der Waals surface area contributed by atoms with Crippen LogP contribution >= 0.6 is 0 Å². The molecular weight excluding hydrogens is 160 g/mol. The molecule has 0 aliphatic rings. The van der Waals surface area contributed by atoms with Crippen molar-refractivity contribution in [1.82, 2.24) is 9.97 Å². The van der Waals surface area contributed by atoms with Gasteiger partial charge in [0.1, 0.15) is 0 Å². The number of hydrogen-bond acceptors (Lipinski definition) is 2. The molecule has 2 rings (SSSR count). The van der Waals surface area contributed by atoms with Crippen LogP contribution in [0.1, 0.15) is 18.2 Å². The van der Waals surface area contributed by atoms with Crippen molar-refractivity contribution in [2.75, 3.05) is 0 Å². The van der Waals surface area contributed by atoms with Crippen LogP contribution < -0.4 is 0 Å². The monoisotopic (exact) mass is 172 g/mol. The number of fused-ring (bicyclic) bond motifs is 1. The highest BCUT2D eigenvalue weighted by molar-refractivity contribution is 5.75. The van der Waals surface area contributed by atoms with Gasteiger partial charge in [0.05, 0.1) is 0 Å². The molecule has 0 saturated carbocycles. The number of rotatable bonds is 1. The van der Waals surface area contributed by atoms with Crippen LogP contribution in [-0.2, 0) is 6.42 Å². The Hall–Kier alpha value is -1.44. The maximum Gasteiger partial charge on any atom is 0.159 e. The molecule has 0 aromatic carbocycles. The van der Waals surface area contributed by atoms with E-state index in [2.05, 4.69) is 29.0 Å². The summed E-state index contributed by atoms with van der Waals surface area (Å²) in [6.45, 7) is 4.11. The summed E-state index contributed by atoms with van der Waals surface area (Å²) in [5, 5.41) is 1.13. The molecular formula is C11H12N2. The molecule has 0 amide bonds. The van der Waals surface area contributed by atoms with E-state index in [1.165, 1.54) is 5.56 Å². The number of aromatic nitrogens is 2. The number of hydrogen-bond donors (Lipinski definition) is 0. The van der Waals surface area contributed by atoms with E-state index in [-0.39, 0.29) is 0 Å². The molecule has 0 unspecified atom stereocenters. The van der Waals surface area contributed by atoms with Crippen LogP contribution in [0.2, 0.25) is 0 Å². The quantitative estimate of drug-likeness (QED) is 0.660. The normalized spacial score (nSPS) is 10.6. The predicted molar refractivity (Wildman–Crippen MR) is 53.7 cm³/mol. The fourth-order valence-electron chi connectivity index (χ4n) is 1.34. The molecule has 0 N–H and O–H groups in total. The average molecular weight is 172 g/mol. The highest BCUT2D eigenvalue weighted by atomic mass is 14.8. The van der Waals surface area contributed by atoms with Crippen molar-refractivity contribution in [2.45, 2.75) is 20.3 Å². The third-order valence-electron chi connectivity index (χ3n) is 2.15. The molecule has 0 atom stereocenters. The van der Waals surface area contributed by atoms with Crippen molar-refractivity contribution in [3.8, 4) is 0 Å². The summed E-state index contributed by atoms with van der Waals surface area (Å²) in [4.78, 5) is 8.64. The van der Waals surface area contributed by atoms with E-state index in [0.717, 1.165) is 23.1 Å². The fourth-order valence-corrected chi connectivity index (χ4v) is 1.34. The summed E-state index contributed by atoms with van der Waals surface area (Å²) in [5.41, 5.74) is 3.12. The first-order chi connectivity index (χ1) is 6.29. The Morgan fingerprint density at radius 1 is 1.31 bits per heavy atom. The summed E-state index contributed by atoms with van der Waals surface area (Å²) in [6.07, 6.45) is 2.92. The van der Waals surface area contributed by atoms with Gasteiger partial charge in [0.15, 0.2) is 5.65 Å². The first-order valence-electron chi connectivity index (χ1n) is 4.52. The maximum atomic E-state index is 4.34. The first-order valence-corrected chi connectivity index (χ1v) is 4.52. The van der Waals surface area contributed by atoms with E-state index in [1.807, 2.05) is 19.2 Å². The lowest BCUT2D eigenvalue weighted by Crippen LogP contribution is -1.89. The van der Waals surface area contributed by atoms with Crippen LogP contribution in [0.25, 0.3) is 11.0 Å². The predicted octanol–water partition coefficient (Wildman–Crippen LogP) is 2.50. The van der Waals surface area contributed by atoms with Gasteiger partial charge in [-0.15, -0.1) is 0 Å². The Labute approximate surface area is 77.6 Å². The van der Waals surface area contributed by atoms with Crippen LogP contribution in [0.4, 0.5) is 0 Å². The van der Waals surface area contributed by atoms with Gasteiger partial charge >= 0.3 is 0 Å². The fraction of sp³-hybridized carbons (Fsp3) is 0.273. The molecule has 2 nitrogen and oxygen atoms in total. The molecule has 0 aliphatic heterocycles. The lowest BCUT2D eigenvalue weighted by atomic mass is 10.2. The maximum absolute atomic E-state index is 4.34. The number of aryl methyl sites for hydroxylation is 2. The molecule has 2 aromatic heterocycles. The first kappa shape index (κ1) is 8.17. The number of pyridine rings is 2.